The Hall–Kier alpha value is -2.27. The molecular weight excluding hydrogens is 296 g/mol. The molecule has 1 heterocycles. The van der Waals surface area contributed by atoms with E-state index in [0.717, 1.165) is 21.8 Å². The molecule has 0 aliphatic carbocycles. The second kappa shape index (κ2) is 6.23. The highest BCUT2D eigenvalue weighted by atomic mass is 32.2. The standard InChI is InChI=1S/C17H16N2O2S/c1-22-12-8-6-11(7-9-12)18-17(21)14-10-16(20)19-15-5-3-2-4-13(14)15/h2-9,14H,10H2,1H3,(H,18,21)(H,19,20)/t14-/m0/s1. The largest absolute Gasteiger partial charge is 0.326 e. The first-order valence-electron chi connectivity index (χ1n) is 7.01. The first-order chi connectivity index (χ1) is 10.7. The van der Waals surface area contributed by atoms with Crippen LogP contribution in [0.15, 0.2) is 53.4 Å². The summed E-state index contributed by atoms with van der Waals surface area (Å²) >= 11 is 1.65. The molecule has 2 aromatic rings. The molecule has 22 heavy (non-hydrogen) atoms. The van der Waals surface area contributed by atoms with Crippen LogP contribution in [0.2, 0.25) is 0 Å². The number of carbonyl (C=O) groups is 2. The Labute approximate surface area is 133 Å². The molecule has 0 saturated heterocycles. The highest BCUT2D eigenvalue weighted by molar-refractivity contribution is 7.98. The van der Waals surface area contributed by atoms with Gasteiger partial charge < -0.3 is 10.6 Å². The van der Waals surface area contributed by atoms with E-state index in [4.69, 9.17) is 0 Å². The molecule has 0 radical (unpaired) electrons. The molecule has 0 saturated carbocycles. The third kappa shape index (κ3) is 2.99. The van der Waals surface area contributed by atoms with E-state index in [2.05, 4.69) is 10.6 Å². The average Bonchev–Trinajstić information content (AvgIpc) is 2.54. The predicted octanol–water partition coefficient (Wildman–Crippen LogP) is 3.47. The van der Waals surface area contributed by atoms with Gasteiger partial charge in [-0.1, -0.05) is 18.2 Å². The lowest BCUT2D eigenvalue weighted by molar-refractivity contribution is -0.123. The molecule has 0 bridgehead atoms. The van der Waals surface area contributed by atoms with Gasteiger partial charge in [-0.05, 0) is 42.2 Å². The van der Waals surface area contributed by atoms with Crippen molar-refractivity contribution in [3.05, 3.63) is 54.1 Å². The highest BCUT2D eigenvalue weighted by Crippen LogP contribution is 2.32. The molecule has 1 aliphatic rings. The molecule has 1 aliphatic heterocycles. The van der Waals surface area contributed by atoms with Gasteiger partial charge >= 0.3 is 0 Å². The monoisotopic (exact) mass is 312 g/mol. The number of fused-ring (bicyclic) bond motifs is 1. The Morgan fingerprint density at radius 3 is 2.64 bits per heavy atom. The lowest BCUT2D eigenvalue weighted by Gasteiger charge is -2.24. The van der Waals surface area contributed by atoms with E-state index in [1.807, 2.05) is 54.8 Å². The van der Waals surface area contributed by atoms with Gasteiger partial charge in [0.05, 0.1) is 5.92 Å². The molecule has 2 aromatic carbocycles. The number of hydrogen-bond donors (Lipinski definition) is 2. The van der Waals surface area contributed by atoms with E-state index in [1.54, 1.807) is 11.8 Å². The molecule has 4 nitrogen and oxygen atoms in total. The van der Waals surface area contributed by atoms with Crippen molar-refractivity contribution in [2.24, 2.45) is 0 Å². The van der Waals surface area contributed by atoms with Gasteiger partial charge in [0.2, 0.25) is 11.8 Å². The Kier molecular flexibility index (Phi) is 4.15. The molecule has 0 unspecified atom stereocenters. The fourth-order valence-corrected chi connectivity index (χ4v) is 2.96. The van der Waals surface area contributed by atoms with Crippen LogP contribution >= 0.6 is 11.8 Å². The summed E-state index contributed by atoms with van der Waals surface area (Å²) in [6.07, 6.45) is 2.18. The van der Waals surface area contributed by atoms with Crippen molar-refractivity contribution in [3.8, 4) is 0 Å². The second-order valence-corrected chi connectivity index (χ2v) is 5.99. The van der Waals surface area contributed by atoms with Crippen molar-refractivity contribution < 1.29 is 9.59 Å². The van der Waals surface area contributed by atoms with Crippen LogP contribution in [0.5, 0.6) is 0 Å². The van der Waals surface area contributed by atoms with Crippen molar-refractivity contribution in [3.63, 3.8) is 0 Å². The molecule has 0 spiro atoms. The van der Waals surface area contributed by atoms with Gasteiger partial charge in [0.15, 0.2) is 0 Å². The molecule has 1 atom stereocenters. The maximum absolute atomic E-state index is 12.5. The maximum atomic E-state index is 12.5. The summed E-state index contributed by atoms with van der Waals surface area (Å²) in [4.78, 5) is 25.5. The Bertz CT molecular complexity index is 713. The number of para-hydroxylation sites is 1. The molecule has 5 heteroatoms. The predicted molar refractivity (Wildman–Crippen MR) is 89.3 cm³/mol. The lowest BCUT2D eigenvalue weighted by atomic mass is 9.90. The second-order valence-electron chi connectivity index (χ2n) is 5.11. The summed E-state index contributed by atoms with van der Waals surface area (Å²) in [5, 5.41) is 5.70. The number of amides is 2. The SMILES string of the molecule is CSc1ccc(NC(=O)[C@H]2CC(=O)Nc3ccccc32)cc1. The Morgan fingerprint density at radius 1 is 1.18 bits per heavy atom. The molecule has 112 valence electrons. The number of rotatable bonds is 3. The first-order valence-corrected chi connectivity index (χ1v) is 8.23. The van der Waals surface area contributed by atoms with Gasteiger partial charge in [0.25, 0.3) is 0 Å². The van der Waals surface area contributed by atoms with Gasteiger partial charge in [-0.15, -0.1) is 11.8 Å². The third-order valence-electron chi connectivity index (χ3n) is 3.67. The number of anilines is 2. The van der Waals surface area contributed by atoms with Crippen LogP contribution in [0.4, 0.5) is 11.4 Å². The van der Waals surface area contributed by atoms with Crippen LogP contribution in [0.1, 0.15) is 17.9 Å². The first kappa shape index (κ1) is 14.7. The fourth-order valence-electron chi connectivity index (χ4n) is 2.55. The van der Waals surface area contributed by atoms with Crippen LogP contribution < -0.4 is 10.6 Å². The van der Waals surface area contributed by atoms with E-state index >= 15 is 0 Å². The summed E-state index contributed by atoms with van der Waals surface area (Å²) in [5.74, 6) is -0.735. The lowest BCUT2D eigenvalue weighted by Crippen LogP contribution is -2.30. The van der Waals surface area contributed by atoms with E-state index in [-0.39, 0.29) is 18.2 Å². The van der Waals surface area contributed by atoms with Gasteiger partial charge in [0.1, 0.15) is 0 Å². The van der Waals surface area contributed by atoms with E-state index < -0.39 is 5.92 Å². The summed E-state index contributed by atoms with van der Waals surface area (Å²) in [7, 11) is 0. The zero-order chi connectivity index (χ0) is 15.5. The van der Waals surface area contributed by atoms with Crippen molar-refractivity contribution in [1.82, 2.24) is 0 Å². The average molecular weight is 312 g/mol. The maximum Gasteiger partial charge on any atom is 0.232 e. The zero-order valence-electron chi connectivity index (χ0n) is 12.1. The minimum atomic E-state index is -0.454. The number of thioether (sulfide) groups is 1. The molecule has 0 aromatic heterocycles. The number of carbonyl (C=O) groups excluding carboxylic acids is 2. The van der Waals surface area contributed by atoms with Crippen LogP contribution in [-0.2, 0) is 9.59 Å². The van der Waals surface area contributed by atoms with Crippen molar-refractivity contribution >= 4 is 35.0 Å². The summed E-state index contributed by atoms with van der Waals surface area (Å²) in [6, 6.07) is 15.1. The van der Waals surface area contributed by atoms with Gasteiger partial charge in [-0.3, -0.25) is 9.59 Å². The van der Waals surface area contributed by atoms with Gasteiger partial charge in [0, 0.05) is 22.7 Å². The number of hydrogen-bond acceptors (Lipinski definition) is 3. The number of benzene rings is 2. The minimum absolute atomic E-state index is 0.128. The molecule has 3 rings (SSSR count). The van der Waals surface area contributed by atoms with E-state index in [9.17, 15) is 9.59 Å². The summed E-state index contributed by atoms with van der Waals surface area (Å²) < 4.78 is 0. The molecule has 0 fully saturated rings. The van der Waals surface area contributed by atoms with E-state index in [0.29, 0.717) is 0 Å². The highest BCUT2D eigenvalue weighted by Gasteiger charge is 2.30. The smallest absolute Gasteiger partial charge is 0.232 e. The van der Waals surface area contributed by atoms with Crippen LogP contribution in [0, 0.1) is 0 Å². The number of nitrogens with one attached hydrogen (secondary N) is 2. The Morgan fingerprint density at radius 2 is 1.91 bits per heavy atom. The summed E-state index contributed by atoms with van der Waals surface area (Å²) in [6.45, 7) is 0. The normalized spacial score (nSPS) is 16.6. The van der Waals surface area contributed by atoms with Gasteiger partial charge in [-0.2, -0.15) is 0 Å². The third-order valence-corrected chi connectivity index (χ3v) is 4.42. The van der Waals surface area contributed by atoms with Crippen LogP contribution in [0.3, 0.4) is 0 Å². The van der Waals surface area contributed by atoms with E-state index in [1.165, 1.54) is 0 Å². The molecule has 2 N–H and O–H groups in total. The van der Waals surface area contributed by atoms with Crippen LogP contribution in [-0.4, -0.2) is 18.1 Å². The zero-order valence-corrected chi connectivity index (χ0v) is 12.9. The summed E-state index contributed by atoms with van der Waals surface area (Å²) in [5.41, 5.74) is 2.32. The Balaban J connectivity index is 1.81. The molecule has 2 amide bonds. The molecular formula is C17H16N2O2S. The quantitative estimate of drug-likeness (QED) is 0.853. The van der Waals surface area contributed by atoms with Crippen LogP contribution in [0.25, 0.3) is 0 Å². The topological polar surface area (TPSA) is 58.2 Å². The van der Waals surface area contributed by atoms with Crippen molar-refractivity contribution in [2.45, 2.75) is 17.2 Å². The van der Waals surface area contributed by atoms with Gasteiger partial charge in [-0.25, -0.2) is 0 Å². The minimum Gasteiger partial charge on any atom is -0.326 e. The van der Waals surface area contributed by atoms with Crippen molar-refractivity contribution in [2.75, 3.05) is 16.9 Å². The van der Waals surface area contributed by atoms with Crippen molar-refractivity contribution in [1.29, 1.82) is 0 Å². The fraction of sp³-hybridized carbons (Fsp3) is 0.176.